The zero-order chi connectivity index (χ0) is 9.68. The first kappa shape index (κ1) is 9.58. The van der Waals surface area contributed by atoms with Crippen molar-refractivity contribution < 1.29 is 0 Å². The van der Waals surface area contributed by atoms with Crippen LogP contribution >= 0.6 is 0 Å². The topological polar surface area (TPSA) is 38.7 Å². The van der Waals surface area contributed by atoms with Crippen LogP contribution in [0, 0.1) is 6.92 Å². The third-order valence-electron chi connectivity index (χ3n) is 1.50. The van der Waals surface area contributed by atoms with Crippen LogP contribution in [0.1, 0.15) is 31.1 Å². The van der Waals surface area contributed by atoms with Crippen LogP contribution in [-0.2, 0) is 0 Å². The summed E-state index contributed by atoms with van der Waals surface area (Å²) in [6, 6.07) is 0. The molecule has 0 saturated carbocycles. The molecule has 0 aliphatic rings. The third kappa shape index (κ3) is 2.47. The van der Waals surface area contributed by atoms with Crippen LogP contribution in [-0.4, -0.2) is 15.2 Å². The molecule has 0 unspecified atom stereocenters. The molecule has 0 radical (unpaired) electrons. The van der Waals surface area contributed by atoms with Crippen LogP contribution in [0.2, 0.25) is 0 Å². The lowest BCUT2D eigenvalue weighted by Crippen LogP contribution is -1.98. The second-order valence-corrected chi connectivity index (χ2v) is 2.63. The molecule has 3 nitrogen and oxygen atoms in total. The molecule has 0 bridgehead atoms. The second-order valence-electron chi connectivity index (χ2n) is 2.63. The summed E-state index contributed by atoms with van der Waals surface area (Å²) in [4.78, 5) is 4.27. The molecule has 0 N–H and O–H groups in total. The number of hydrogen-bond acceptors (Lipinski definition) is 3. The molecule has 0 amide bonds. The Bertz CT molecular complexity index is 340. The molecule has 0 aliphatic carbocycles. The molecule has 3 heteroatoms. The molecule has 1 aromatic heterocycles. The quantitative estimate of drug-likeness (QED) is 0.692. The van der Waals surface area contributed by atoms with Gasteiger partial charge in [0, 0.05) is 0 Å². The first-order chi connectivity index (χ1) is 6.27. The summed E-state index contributed by atoms with van der Waals surface area (Å²) < 4.78 is 0. The van der Waals surface area contributed by atoms with Crippen molar-refractivity contribution in [1.82, 2.24) is 15.2 Å². The number of aromatic nitrogens is 3. The van der Waals surface area contributed by atoms with E-state index in [0.29, 0.717) is 5.82 Å². The molecule has 0 spiro atoms. The van der Waals surface area contributed by atoms with E-state index < -0.39 is 0 Å². The zero-order valence-corrected chi connectivity index (χ0v) is 8.15. The van der Waals surface area contributed by atoms with Gasteiger partial charge in [-0.05, 0) is 32.9 Å². The lowest BCUT2D eigenvalue weighted by atomic mass is 10.2. The number of aryl methyl sites for hydroxylation is 1. The van der Waals surface area contributed by atoms with E-state index >= 15 is 0 Å². The SMILES string of the molecule is C/C=C\c1nnc(C)nc1/C=C\C. The van der Waals surface area contributed by atoms with Gasteiger partial charge in [0.1, 0.15) is 11.5 Å². The van der Waals surface area contributed by atoms with Gasteiger partial charge in [-0.15, -0.1) is 10.2 Å². The molecular formula is C10H13N3. The predicted octanol–water partition coefficient (Wildman–Crippen LogP) is 2.25. The molecule has 1 aromatic rings. The maximum Gasteiger partial charge on any atom is 0.148 e. The summed E-state index contributed by atoms with van der Waals surface area (Å²) >= 11 is 0. The smallest absolute Gasteiger partial charge is 0.148 e. The van der Waals surface area contributed by atoms with Gasteiger partial charge < -0.3 is 0 Å². The Balaban J connectivity index is 3.18. The summed E-state index contributed by atoms with van der Waals surface area (Å²) in [5, 5.41) is 7.93. The molecule has 0 saturated heterocycles. The second kappa shape index (κ2) is 4.50. The largest absolute Gasteiger partial charge is 0.230 e. The Morgan fingerprint density at radius 1 is 0.923 bits per heavy atom. The lowest BCUT2D eigenvalue weighted by Gasteiger charge is -1.98. The van der Waals surface area contributed by atoms with Gasteiger partial charge in [-0.3, -0.25) is 0 Å². The minimum atomic E-state index is 0.696. The first-order valence-corrected chi connectivity index (χ1v) is 4.24. The van der Waals surface area contributed by atoms with Gasteiger partial charge in [0.2, 0.25) is 0 Å². The molecule has 1 rings (SSSR count). The van der Waals surface area contributed by atoms with Crippen LogP contribution in [0.15, 0.2) is 12.2 Å². The number of rotatable bonds is 2. The molecule has 68 valence electrons. The fourth-order valence-corrected chi connectivity index (χ4v) is 0.989. The zero-order valence-electron chi connectivity index (χ0n) is 8.15. The summed E-state index contributed by atoms with van der Waals surface area (Å²) in [6.07, 6.45) is 7.69. The highest BCUT2D eigenvalue weighted by atomic mass is 15.2. The minimum absolute atomic E-state index is 0.696. The number of nitrogens with zero attached hydrogens (tertiary/aromatic N) is 3. The van der Waals surface area contributed by atoms with Crippen LogP contribution in [0.25, 0.3) is 12.2 Å². The number of hydrogen-bond donors (Lipinski definition) is 0. The van der Waals surface area contributed by atoms with E-state index in [1.54, 1.807) is 0 Å². The van der Waals surface area contributed by atoms with Crippen LogP contribution in [0.5, 0.6) is 0 Å². The fourth-order valence-electron chi connectivity index (χ4n) is 0.989. The van der Waals surface area contributed by atoms with E-state index in [9.17, 15) is 0 Å². The number of allylic oxidation sites excluding steroid dienone is 2. The van der Waals surface area contributed by atoms with Crippen LogP contribution in [0.3, 0.4) is 0 Å². The average molecular weight is 175 g/mol. The Labute approximate surface area is 78.2 Å². The monoisotopic (exact) mass is 175 g/mol. The van der Waals surface area contributed by atoms with Crippen molar-refractivity contribution in [2.75, 3.05) is 0 Å². The van der Waals surface area contributed by atoms with Gasteiger partial charge in [-0.2, -0.15) is 0 Å². The molecular weight excluding hydrogens is 162 g/mol. The highest BCUT2D eigenvalue weighted by Crippen LogP contribution is 2.06. The van der Waals surface area contributed by atoms with E-state index in [2.05, 4.69) is 15.2 Å². The third-order valence-corrected chi connectivity index (χ3v) is 1.50. The van der Waals surface area contributed by atoms with Gasteiger partial charge in [0.15, 0.2) is 0 Å². The van der Waals surface area contributed by atoms with E-state index in [4.69, 9.17) is 0 Å². The molecule has 0 fully saturated rings. The van der Waals surface area contributed by atoms with Gasteiger partial charge >= 0.3 is 0 Å². The summed E-state index contributed by atoms with van der Waals surface area (Å²) in [5.41, 5.74) is 1.68. The van der Waals surface area contributed by atoms with E-state index in [0.717, 1.165) is 11.4 Å². The van der Waals surface area contributed by atoms with E-state index in [-0.39, 0.29) is 0 Å². The van der Waals surface area contributed by atoms with Crippen molar-refractivity contribution in [1.29, 1.82) is 0 Å². The lowest BCUT2D eigenvalue weighted by molar-refractivity contribution is 0.891. The molecule has 0 aliphatic heterocycles. The minimum Gasteiger partial charge on any atom is -0.230 e. The molecule has 0 atom stereocenters. The standard InChI is InChI=1S/C10H13N3/c1-4-6-9-10(7-5-2)13-12-8(3)11-9/h4-7H,1-3H3/b6-4-,7-5-. The highest BCUT2D eigenvalue weighted by Gasteiger charge is 1.99. The van der Waals surface area contributed by atoms with Crippen molar-refractivity contribution in [2.24, 2.45) is 0 Å². The van der Waals surface area contributed by atoms with Gasteiger partial charge in [0.05, 0.1) is 5.69 Å². The van der Waals surface area contributed by atoms with Crippen molar-refractivity contribution >= 4 is 12.2 Å². The van der Waals surface area contributed by atoms with E-state index in [1.807, 2.05) is 45.1 Å². The van der Waals surface area contributed by atoms with Crippen molar-refractivity contribution in [2.45, 2.75) is 20.8 Å². The normalized spacial score (nSPS) is 11.6. The predicted molar refractivity (Wildman–Crippen MR) is 54.0 cm³/mol. The Morgan fingerprint density at radius 2 is 1.54 bits per heavy atom. The summed E-state index contributed by atoms with van der Waals surface area (Å²) in [5.74, 6) is 0.696. The summed E-state index contributed by atoms with van der Waals surface area (Å²) in [7, 11) is 0. The van der Waals surface area contributed by atoms with Gasteiger partial charge in [0.25, 0.3) is 0 Å². The Hall–Kier alpha value is -1.51. The molecule has 13 heavy (non-hydrogen) atoms. The Kier molecular flexibility index (Phi) is 3.31. The van der Waals surface area contributed by atoms with Crippen LogP contribution in [0.4, 0.5) is 0 Å². The molecule has 1 heterocycles. The van der Waals surface area contributed by atoms with Crippen molar-refractivity contribution in [3.63, 3.8) is 0 Å². The first-order valence-electron chi connectivity index (χ1n) is 4.24. The fraction of sp³-hybridized carbons (Fsp3) is 0.300. The Morgan fingerprint density at radius 3 is 2.15 bits per heavy atom. The molecule has 0 aromatic carbocycles. The van der Waals surface area contributed by atoms with Gasteiger partial charge in [-0.1, -0.05) is 12.2 Å². The van der Waals surface area contributed by atoms with E-state index in [1.165, 1.54) is 0 Å². The van der Waals surface area contributed by atoms with Gasteiger partial charge in [-0.25, -0.2) is 4.98 Å². The van der Waals surface area contributed by atoms with Crippen LogP contribution < -0.4 is 0 Å². The van der Waals surface area contributed by atoms with Crippen molar-refractivity contribution in [3.8, 4) is 0 Å². The maximum absolute atomic E-state index is 4.27. The summed E-state index contributed by atoms with van der Waals surface area (Å²) in [6.45, 7) is 5.73. The average Bonchev–Trinajstić information content (AvgIpc) is 2.10. The van der Waals surface area contributed by atoms with Crippen molar-refractivity contribution in [3.05, 3.63) is 29.4 Å². The maximum atomic E-state index is 4.27. The highest BCUT2D eigenvalue weighted by molar-refractivity contribution is 5.58.